The Bertz CT molecular complexity index is 800. The zero-order chi connectivity index (χ0) is 17.8. The Morgan fingerprint density at radius 2 is 1.92 bits per heavy atom. The molecule has 0 unspecified atom stereocenters. The van der Waals surface area contributed by atoms with Gasteiger partial charge in [0.2, 0.25) is 5.91 Å². The van der Waals surface area contributed by atoms with Crippen molar-refractivity contribution in [2.75, 3.05) is 13.1 Å². The van der Waals surface area contributed by atoms with Gasteiger partial charge in [0.25, 0.3) is 5.91 Å². The quantitative estimate of drug-likeness (QED) is 0.853. The average Bonchev–Trinajstić information content (AvgIpc) is 2.92. The number of rotatable bonds is 4. The van der Waals surface area contributed by atoms with Crippen LogP contribution in [-0.2, 0) is 17.9 Å². The molecule has 25 heavy (non-hydrogen) atoms. The molecule has 0 aliphatic carbocycles. The van der Waals surface area contributed by atoms with Crippen LogP contribution in [0.1, 0.15) is 33.0 Å². The van der Waals surface area contributed by atoms with Crippen LogP contribution < -0.4 is 5.32 Å². The maximum absolute atomic E-state index is 12.4. The second-order valence-electron chi connectivity index (χ2n) is 5.77. The summed E-state index contributed by atoms with van der Waals surface area (Å²) in [5.74, 6) is -1.61. The zero-order valence-electron chi connectivity index (χ0n) is 13.5. The van der Waals surface area contributed by atoms with Crippen molar-refractivity contribution in [1.82, 2.24) is 20.0 Å². The predicted octanol–water partition coefficient (Wildman–Crippen LogP) is 0.744. The first-order valence-electron chi connectivity index (χ1n) is 7.95. The molecule has 0 bridgehead atoms. The van der Waals surface area contributed by atoms with Gasteiger partial charge in [0, 0.05) is 18.7 Å². The van der Waals surface area contributed by atoms with Gasteiger partial charge in [0.05, 0.1) is 18.8 Å². The molecule has 1 aromatic heterocycles. The van der Waals surface area contributed by atoms with Gasteiger partial charge in [-0.3, -0.25) is 14.3 Å². The van der Waals surface area contributed by atoms with Gasteiger partial charge in [-0.2, -0.15) is 5.10 Å². The van der Waals surface area contributed by atoms with Gasteiger partial charge in [0.15, 0.2) is 5.69 Å². The minimum Gasteiger partial charge on any atom is -0.476 e. The van der Waals surface area contributed by atoms with Gasteiger partial charge < -0.3 is 15.3 Å². The van der Waals surface area contributed by atoms with Crippen LogP contribution in [0.2, 0.25) is 0 Å². The second-order valence-corrected chi connectivity index (χ2v) is 5.77. The van der Waals surface area contributed by atoms with Crippen molar-refractivity contribution >= 4 is 17.8 Å². The molecule has 8 nitrogen and oxygen atoms in total. The van der Waals surface area contributed by atoms with E-state index in [9.17, 15) is 14.4 Å². The molecule has 1 aliphatic rings. The van der Waals surface area contributed by atoms with E-state index in [1.165, 1.54) is 6.07 Å². The summed E-state index contributed by atoms with van der Waals surface area (Å²) in [6.45, 7) is 1.27. The maximum Gasteiger partial charge on any atom is 0.356 e. The third-order valence-electron chi connectivity index (χ3n) is 4.02. The summed E-state index contributed by atoms with van der Waals surface area (Å²) in [6.07, 6.45) is 0.673. The molecule has 2 amide bonds. The Balaban J connectivity index is 1.62. The molecule has 1 aliphatic heterocycles. The SMILES string of the molecule is O=C(NCC(=O)N1CCCn2nc(C(=O)O)cc2C1)c1ccccc1. The lowest BCUT2D eigenvalue weighted by Gasteiger charge is -2.20. The number of fused-ring (bicyclic) bond motifs is 1. The van der Waals surface area contributed by atoms with Crippen LogP contribution in [0.25, 0.3) is 0 Å². The molecule has 2 N–H and O–H groups in total. The summed E-state index contributed by atoms with van der Waals surface area (Å²) < 4.78 is 1.62. The fourth-order valence-electron chi connectivity index (χ4n) is 2.74. The van der Waals surface area contributed by atoms with E-state index in [0.29, 0.717) is 30.8 Å². The number of amides is 2. The number of aromatic nitrogens is 2. The number of hydrogen-bond donors (Lipinski definition) is 2. The third-order valence-corrected chi connectivity index (χ3v) is 4.02. The molecule has 1 aromatic carbocycles. The summed E-state index contributed by atoms with van der Waals surface area (Å²) in [6, 6.07) is 10.2. The molecule has 0 saturated heterocycles. The highest BCUT2D eigenvalue weighted by molar-refractivity contribution is 5.96. The van der Waals surface area contributed by atoms with Crippen LogP contribution in [-0.4, -0.2) is 50.7 Å². The number of benzene rings is 1. The summed E-state index contributed by atoms with van der Waals surface area (Å²) in [5, 5.41) is 15.7. The number of carbonyl (C=O) groups excluding carboxylic acids is 2. The van der Waals surface area contributed by atoms with Crippen molar-refractivity contribution in [2.24, 2.45) is 0 Å². The van der Waals surface area contributed by atoms with E-state index in [-0.39, 0.29) is 30.6 Å². The number of carboxylic acid groups (broad SMARTS) is 1. The van der Waals surface area contributed by atoms with E-state index in [4.69, 9.17) is 5.11 Å². The Kier molecular flexibility index (Phi) is 4.78. The summed E-state index contributed by atoms with van der Waals surface area (Å²) in [4.78, 5) is 37.1. The van der Waals surface area contributed by atoms with E-state index in [1.54, 1.807) is 33.8 Å². The minimum absolute atomic E-state index is 0.0262. The molecular formula is C17H18N4O4. The fourth-order valence-corrected chi connectivity index (χ4v) is 2.74. The van der Waals surface area contributed by atoms with Gasteiger partial charge in [0.1, 0.15) is 0 Å². The van der Waals surface area contributed by atoms with Gasteiger partial charge in [-0.25, -0.2) is 4.79 Å². The van der Waals surface area contributed by atoms with Crippen molar-refractivity contribution in [3.05, 3.63) is 53.3 Å². The standard InChI is InChI=1S/C17H18N4O4/c22-15(10-18-16(23)12-5-2-1-3-6-12)20-7-4-8-21-13(11-20)9-14(19-21)17(24)25/h1-3,5-6,9H,4,7-8,10-11H2,(H,18,23)(H,24,25). The van der Waals surface area contributed by atoms with E-state index in [1.807, 2.05) is 6.07 Å². The molecular weight excluding hydrogens is 324 g/mol. The number of nitrogens with one attached hydrogen (secondary N) is 1. The maximum atomic E-state index is 12.4. The zero-order valence-corrected chi connectivity index (χ0v) is 13.5. The Morgan fingerprint density at radius 3 is 2.64 bits per heavy atom. The van der Waals surface area contributed by atoms with Crippen LogP contribution in [0.15, 0.2) is 36.4 Å². The van der Waals surface area contributed by atoms with Gasteiger partial charge in [-0.15, -0.1) is 0 Å². The van der Waals surface area contributed by atoms with Crippen LogP contribution >= 0.6 is 0 Å². The minimum atomic E-state index is -1.09. The highest BCUT2D eigenvalue weighted by atomic mass is 16.4. The Hall–Kier alpha value is -3.16. The molecule has 0 fully saturated rings. The molecule has 0 saturated carbocycles. The lowest BCUT2D eigenvalue weighted by Crippen LogP contribution is -2.40. The first-order valence-corrected chi connectivity index (χ1v) is 7.95. The van der Waals surface area contributed by atoms with Crippen molar-refractivity contribution in [3.63, 3.8) is 0 Å². The lowest BCUT2D eigenvalue weighted by atomic mass is 10.2. The topological polar surface area (TPSA) is 105 Å². The first-order chi connectivity index (χ1) is 12.0. The Morgan fingerprint density at radius 1 is 1.16 bits per heavy atom. The first kappa shape index (κ1) is 16.7. The smallest absolute Gasteiger partial charge is 0.356 e. The molecule has 2 heterocycles. The molecule has 3 rings (SSSR count). The third kappa shape index (κ3) is 3.85. The highest BCUT2D eigenvalue weighted by Gasteiger charge is 2.22. The fraction of sp³-hybridized carbons (Fsp3) is 0.294. The van der Waals surface area contributed by atoms with Gasteiger partial charge in [-0.05, 0) is 24.6 Å². The Labute approximate surface area is 144 Å². The van der Waals surface area contributed by atoms with Gasteiger partial charge in [-0.1, -0.05) is 18.2 Å². The summed E-state index contributed by atoms with van der Waals surface area (Å²) in [7, 11) is 0. The van der Waals surface area contributed by atoms with E-state index < -0.39 is 5.97 Å². The van der Waals surface area contributed by atoms with E-state index >= 15 is 0 Å². The van der Waals surface area contributed by atoms with E-state index in [0.717, 1.165) is 0 Å². The highest BCUT2D eigenvalue weighted by Crippen LogP contribution is 2.14. The van der Waals surface area contributed by atoms with Crippen molar-refractivity contribution < 1.29 is 19.5 Å². The largest absolute Gasteiger partial charge is 0.476 e. The number of nitrogens with zero attached hydrogens (tertiary/aromatic N) is 3. The number of aromatic carboxylic acids is 1. The molecule has 0 radical (unpaired) electrons. The molecule has 0 atom stereocenters. The van der Waals surface area contributed by atoms with E-state index in [2.05, 4.69) is 10.4 Å². The van der Waals surface area contributed by atoms with Crippen molar-refractivity contribution in [1.29, 1.82) is 0 Å². The molecule has 130 valence electrons. The second kappa shape index (κ2) is 7.16. The van der Waals surface area contributed by atoms with Crippen LogP contribution in [0.3, 0.4) is 0 Å². The average molecular weight is 342 g/mol. The normalized spacial score (nSPS) is 13.7. The van der Waals surface area contributed by atoms with Gasteiger partial charge >= 0.3 is 5.97 Å². The molecule has 2 aromatic rings. The van der Waals surface area contributed by atoms with Crippen LogP contribution in [0.5, 0.6) is 0 Å². The van der Waals surface area contributed by atoms with Crippen molar-refractivity contribution in [3.8, 4) is 0 Å². The van der Waals surface area contributed by atoms with Crippen LogP contribution in [0, 0.1) is 0 Å². The monoisotopic (exact) mass is 342 g/mol. The molecule has 0 spiro atoms. The number of carboxylic acids is 1. The number of carbonyl (C=O) groups is 3. The number of hydrogen-bond acceptors (Lipinski definition) is 4. The summed E-state index contributed by atoms with van der Waals surface area (Å²) in [5.41, 5.74) is 1.15. The van der Waals surface area contributed by atoms with Crippen LogP contribution in [0.4, 0.5) is 0 Å². The number of aryl methyl sites for hydroxylation is 1. The predicted molar refractivity (Wildman–Crippen MR) is 88.0 cm³/mol. The lowest BCUT2D eigenvalue weighted by molar-refractivity contribution is -0.130. The van der Waals surface area contributed by atoms with Crippen molar-refractivity contribution in [2.45, 2.75) is 19.5 Å². The summed E-state index contributed by atoms with van der Waals surface area (Å²) >= 11 is 0. The molecule has 8 heteroatoms.